The number of nitrogens with zero attached hydrogens (tertiary/aromatic N) is 1. The van der Waals surface area contributed by atoms with Crippen molar-refractivity contribution in [1.82, 2.24) is 10.3 Å². The molecule has 0 bridgehead atoms. The molecule has 0 saturated carbocycles. The highest BCUT2D eigenvalue weighted by Gasteiger charge is 2.09. The molecule has 31 heavy (non-hydrogen) atoms. The van der Waals surface area contributed by atoms with Gasteiger partial charge < -0.3 is 15.4 Å². The van der Waals surface area contributed by atoms with Crippen LogP contribution in [-0.4, -0.2) is 29.9 Å². The number of fused-ring (bicyclic) bond motifs is 1. The summed E-state index contributed by atoms with van der Waals surface area (Å²) in [5.41, 5.74) is 2.01. The molecule has 0 unspecified atom stereocenters. The molecule has 0 atom stereocenters. The van der Waals surface area contributed by atoms with Crippen LogP contribution in [0.3, 0.4) is 0 Å². The number of nitrogens with one attached hydrogen (secondary N) is 2. The third-order valence-corrected chi connectivity index (χ3v) is 5.48. The molecule has 0 aliphatic rings. The topological polar surface area (TPSA) is 80.3 Å². The van der Waals surface area contributed by atoms with Gasteiger partial charge in [-0.25, -0.2) is 0 Å². The zero-order valence-electron chi connectivity index (χ0n) is 16.7. The van der Waals surface area contributed by atoms with E-state index in [1.807, 2.05) is 41.8 Å². The van der Waals surface area contributed by atoms with Crippen LogP contribution in [-0.2, 0) is 0 Å². The van der Waals surface area contributed by atoms with Crippen LogP contribution in [0.4, 0.5) is 5.69 Å². The number of ether oxygens (including phenoxy) is 1. The average Bonchev–Trinajstić information content (AvgIpc) is 3.34. The third kappa shape index (κ3) is 5.26. The normalized spacial score (nSPS) is 10.6. The Balaban J connectivity index is 1.22. The Morgan fingerprint density at radius 3 is 2.58 bits per heavy atom. The van der Waals surface area contributed by atoms with Crippen LogP contribution < -0.4 is 15.4 Å². The van der Waals surface area contributed by atoms with Crippen LogP contribution in [0.2, 0.25) is 0 Å². The molecule has 0 aliphatic heterocycles. The summed E-state index contributed by atoms with van der Waals surface area (Å²) in [5, 5.41) is 8.59. The third-order valence-electron chi connectivity index (χ3n) is 4.61. The summed E-state index contributed by atoms with van der Waals surface area (Å²) < 4.78 is 5.84. The fourth-order valence-electron chi connectivity index (χ4n) is 3.06. The van der Waals surface area contributed by atoms with Gasteiger partial charge in [-0.05, 0) is 54.3 Å². The van der Waals surface area contributed by atoms with Gasteiger partial charge in [0.1, 0.15) is 11.3 Å². The van der Waals surface area contributed by atoms with Gasteiger partial charge in [0.05, 0.1) is 11.5 Å². The van der Waals surface area contributed by atoms with E-state index in [0.717, 1.165) is 16.7 Å². The number of aromatic nitrogens is 1. The molecule has 0 spiro atoms. The summed E-state index contributed by atoms with van der Waals surface area (Å²) in [4.78, 5) is 29.4. The zero-order chi connectivity index (χ0) is 21.5. The maximum absolute atomic E-state index is 12.3. The number of pyridine rings is 1. The van der Waals surface area contributed by atoms with Crippen LogP contribution >= 0.6 is 11.3 Å². The smallest absolute Gasteiger partial charge is 0.265 e. The van der Waals surface area contributed by atoms with E-state index in [9.17, 15) is 9.59 Å². The number of carbonyl (C=O) groups excluding carboxylic acids is 2. The largest absolute Gasteiger partial charge is 0.491 e. The maximum atomic E-state index is 12.3. The predicted molar refractivity (Wildman–Crippen MR) is 123 cm³/mol. The van der Waals surface area contributed by atoms with Crippen LogP contribution in [0, 0.1) is 0 Å². The lowest BCUT2D eigenvalue weighted by Gasteiger charge is -2.10. The second-order valence-corrected chi connectivity index (χ2v) is 7.75. The van der Waals surface area contributed by atoms with Gasteiger partial charge >= 0.3 is 0 Å². The SMILES string of the molecule is O=C(NCCCOc1cccc2cccnc12)c1ccc(NC(=O)c2cccs2)cc1. The van der Waals surface area contributed by atoms with Crippen LogP contribution in [0.5, 0.6) is 5.75 Å². The van der Waals surface area contributed by atoms with Crippen molar-refractivity contribution < 1.29 is 14.3 Å². The van der Waals surface area contributed by atoms with Gasteiger partial charge in [0.2, 0.25) is 0 Å². The minimum atomic E-state index is -0.164. The average molecular weight is 432 g/mol. The lowest BCUT2D eigenvalue weighted by molar-refractivity contribution is 0.0951. The Morgan fingerprint density at radius 1 is 0.935 bits per heavy atom. The summed E-state index contributed by atoms with van der Waals surface area (Å²) in [7, 11) is 0. The Labute approximate surface area is 183 Å². The van der Waals surface area contributed by atoms with E-state index in [0.29, 0.717) is 35.7 Å². The molecule has 2 amide bonds. The first-order valence-corrected chi connectivity index (χ1v) is 10.8. The lowest BCUT2D eigenvalue weighted by Crippen LogP contribution is -2.25. The first kappa shape index (κ1) is 20.6. The monoisotopic (exact) mass is 431 g/mol. The number of benzene rings is 2. The van der Waals surface area contributed by atoms with Crippen LogP contribution in [0.15, 0.2) is 78.3 Å². The molecule has 7 heteroatoms. The highest BCUT2D eigenvalue weighted by molar-refractivity contribution is 7.12. The van der Waals surface area contributed by atoms with Crippen LogP contribution in [0.1, 0.15) is 26.5 Å². The van der Waals surface area contributed by atoms with Gasteiger partial charge in [-0.15, -0.1) is 11.3 Å². The van der Waals surface area contributed by atoms with E-state index in [1.165, 1.54) is 11.3 Å². The molecule has 4 aromatic rings. The van der Waals surface area contributed by atoms with Gasteiger partial charge in [-0.1, -0.05) is 24.3 Å². The van der Waals surface area contributed by atoms with Gasteiger partial charge in [0, 0.05) is 29.4 Å². The second kappa shape index (κ2) is 9.86. The molecule has 0 fully saturated rings. The highest BCUT2D eigenvalue weighted by atomic mass is 32.1. The fraction of sp³-hybridized carbons (Fsp3) is 0.125. The first-order valence-electron chi connectivity index (χ1n) is 9.90. The van der Waals surface area contributed by atoms with Gasteiger partial charge in [0.25, 0.3) is 11.8 Å². The predicted octanol–water partition coefficient (Wildman–Crippen LogP) is 4.75. The fourth-order valence-corrected chi connectivity index (χ4v) is 3.68. The second-order valence-electron chi connectivity index (χ2n) is 6.80. The van der Waals surface area contributed by atoms with Crippen molar-refractivity contribution in [2.45, 2.75) is 6.42 Å². The number of thiophene rings is 1. The Morgan fingerprint density at radius 2 is 1.77 bits per heavy atom. The standard InChI is InChI=1S/C24H21N3O3S/c28-23(18-9-11-19(12-10-18)27-24(29)21-8-3-16-31-21)26-14-4-15-30-20-7-1-5-17-6-2-13-25-22(17)20/h1-3,5-13,16H,4,14-15H2,(H,26,28)(H,27,29). The summed E-state index contributed by atoms with van der Waals surface area (Å²) in [6.45, 7) is 0.970. The molecule has 2 N–H and O–H groups in total. The van der Waals surface area contributed by atoms with Gasteiger partial charge in [-0.3, -0.25) is 14.6 Å². The summed E-state index contributed by atoms with van der Waals surface area (Å²) >= 11 is 1.38. The zero-order valence-corrected chi connectivity index (χ0v) is 17.5. The van der Waals surface area contributed by atoms with E-state index in [-0.39, 0.29) is 11.8 Å². The van der Waals surface area contributed by atoms with Crippen LogP contribution in [0.25, 0.3) is 10.9 Å². The molecule has 4 rings (SSSR count). The number of amides is 2. The van der Waals surface area contributed by atoms with Crippen molar-refractivity contribution in [1.29, 1.82) is 0 Å². The van der Waals surface area contributed by atoms with E-state index in [4.69, 9.17) is 4.74 Å². The van der Waals surface area contributed by atoms with E-state index >= 15 is 0 Å². The number of anilines is 1. The van der Waals surface area contributed by atoms with Crippen molar-refractivity contribution in [3.05, 3.63) is 88.7 Å². The lowest BCUT2D eigenvalue weighted by atomic mass is 10.2. The molecule has 2 heterocycles. The highest BCUT2D eigenvalue weighted by Crippen LogP contribution is 2.22. The number of carbonyl (C=O) groups is 2. The summed E-state index contributed by atoms with van der Waals surface area (Å²) in [5.74, 6) is 0.418. The molecule has 0 saturated heterocycles. The molecule has 6 nitrogen and oxygen atoms in total. The van der Waals surface area contributed by atoms with Gasteiger partial charge in [-0.2, -0.15) is 0 Å². The van der Waals surface area contributed by atoms with E-state index in [2.05, 4.69) is 15.6 Å². The minimum absolute atomic E-state index is 0.159. The molecule has 0 radical (unpaired) electrons. The minimum Gasteiger partial charge on any atom is -0.491 e. The van der Waals surface area contributed by atoms with E-state index in [1.54, 1.807) is 36.5 Å². The number of hydrogen-bond donors (Lipinski definition) is 2. The molecule has 2 aromatic heterocycles. The number of hydrogen-bond acceptors (Lipinski definition) is 5. The van der Waals surface area contributed by atoms with Crippen molar-refractivity contribution in [3.63, 3.8) is 0 Å². The van der Waals surface area contributed by atoms with Crippen molar-refractivity contribution in [2.75, 3.05) is 18.5 Å². The molecular weight excluding hydrogens is 410 g/mol. The first-order chi connectivity index (χ1) is 15.2. The Bertz CT molecular complexity index is 1170. The van der Waals surface area contributed by atoms with Crippen molar-refractivity contribution >= 4 is 39.7 Å². The van der Waals surface area contributed by atoms with Crippen molar-refractivity contribution in [2.24, 2.45) is 0 Å². The Hall–Kier alpha value is -3.71. The molecule has 2 aromatic carbocycles. The molecule has 0 aliphatic carbocycles. The van der Waals surface area contributed by atoms with E-state index < -0.39 is 0 Å². The molecule has 156 valence electrons. The summed E-state index contributed by atoms with van der Waals surface area (Å²) in [6, 6.07) is 20.1. The maximum Gasteiger partial charge on any atom is 0.265 e. The van der Waals surface area contributed by atoms with Gasteiger partial charge in [0.15, 0.2) is 0 Å². The summed E-state index contributed by atoms with van der Waals surface area (Å²) in [6.07, 6.45) is 2.41. The van der Waals surface area contributed by atoms with Crippen molar-refractivity contribution in [3.8, 4) is 5.75 Å². The number of para-hydroxylation sites is 1. The quantitative estimate of drug-likeness (QED) is 0.395. The number of rotatable bonds is 8. The molecular formula is C24H21N3O3S. The Kier molecular flexibility index (Phi) is 6.54.